The van der Waals surface area contributed by atoms with Gasteiger partial charge in [0.05, 0.1) is 5.56 Å². The van der Waals surface area contributed by atoms with E-state index in [0.717, 1.165) is 5.56 Å². The van der Waals surface area contributed by atoms with Crippen molar-refractivity contribution >= 4 is 11.6 Å². The minimum absolute atomic E-state index is 0.0185. The molecule has 0 aliphatic rings. The molecule has 0 aliphatic heterocycles. The minimum atomic E-state index is -0.195. The summed E-state index contributed by atoms with van der Waals surface area (Å²) in [6, 6.07) is 5.29. The van der Waals surface area contributed by atoms with E-state index in [1.54, 1.807) is 12.1 Å². The number of nitrogens with two attached hydrogens (primary N) is 1. The monoisotopic (exact) mass is 236 g/mol. The van der Waals surface area contributed by atoms with Crippen LogP contribution in [0.15, 0.2) is 18.2 Å². The van der Waals surface area contributed by atoms with Gasteiger partial charge in [0, 0.05) is 18.3 Å². The van der Waals surface area contributed by atoms with Crippen molar-refractivity contribution in [2.24, 2.45) is 5.92 Å². The molecule has 1 amide bonds. The van der Waals surface area contributed by atoms with Crippen LogP contribution >= 0.6 is 0 Å². The molecule has 0 radical (unpaired) electrons. The standard InChI is InChI=1S/C13H20N2O2/c1-8-5-4-6-11(12(8)14)13(17)15-10(3)9(2)7-16/h4-6,9-10,16H,7,14H2,1-3H3,(H,15,17)/t9-,10+/m1/s1. The number of aryl methyl sites for hydroxylation is 1. The first-order chi connectivity index (χ1) is 7.97. The minimum Gasteiger partial charge on any atom is -0.398 e. The summed E-state index contributed by atoms with van der Waals surface area (Å²) in [6.07, 6.45) is 0. The summed E-state index contributed by atoms with van der Waals surface area (Å²) < 4.78 is 0. The first-order valence-electron chi connectivity index (χ1n) is 5.74. The molecule has 0 spiro atoms. The van der Waals surface area contributed by atoms with E-state index >= 15 is 0 Å². The number of hydrogen-bond donors (Lipinski definition) is 3. The molecular formula is C13H20N2O2. The molecule has 0 heterocycles. The Kier molecular flexibility index (Phi) is 4.52. The molecule has 2 atom stereocenters. The third kappa shape index (κ3) is 3.20. The number of rotatable bonds is 4. The second-order valence-electron chi connectivity index (χ2n) is 4.46. The smallest absolute Gasteiger partial charge is 0.253 e. The van der Waals surface area contributed by atoms with Crippen molar-refractivity contribution in [3.63, 3.8) is 0 Å². The predicted molar refractivity (Wildman–Crippen MR) is 68.8 cm³/mol. The zero-order valence-electron chi connectivity index (χ0n) is 10.5. The van der Waals surface area contributed by atoms with Gasteiger partial charge in [-0.15, -0.1) is 0 Å². The molecule has 0 saturated heterocycles. The highest BCUT2D eigenvalue weighted by Gasteiger charge is 2.16. The van der Waals surface area contributed by atoms with Crippen LogP contribution in [0.3, 0.4) is 0 Å². The highest BCUT2D eigenvalue weighted by Crippen LogP contribution is 2.16. The third-order valence-corrected chi connectivity index (χ3v) is 3.07. The van der Waals surface area contributed by atoms with Crippen molar-refractivity contribution in [2.75, 3.05) is 12.3 Å². The number of nitrogens with one attached hydrogen (secondary N) is 1. The van der Waals surface area contributed by atoms with Gasteiger partial charge in [0.25, 0.3) is 5.91 Å². The number of benzene rings is 1. The van der Waals surface area contributed by atoms with E-state index < -0.39 is 0 Å². The fourth-order valence-electron chi connectivity index (χ4n) is 1.46. The molecule has 1 aromatic rings. The molecule has 17 heavy (non-hydrogen) atoms. The van der Waals surface area contributed by atoms with Crippen LogP contribution in [-0.2, 0) is 0 Å². The maximum atomic E-state index is 12.0. The van der Waals surface area contributed by atoms with Crippen molar-refractivity contribution in [1.82, 2.24) is 5.32 Å². The number of carbonyl (C=O) groups is 1. The number of anilines is 1. The molecule has 0 fully saturated rings. The topological polar surface area (TPSA) is 75.3 Å². The van der Waals surface area contributed by atoms with Gasteiger partial charge in [-0.2, -0.15) is 0 Å². The molecule has 0 aliphatic carbocycles. The number of amides is 1. The molecule has 0 saturated carbocycles. The highest BCUT2D eigenvalue weighted by atomic mass is 16.3. The number of nitrogen functional groups attached to an aromatic ring is 1. The molecule has 94 valence electrons. The van der Waals surface area contributed by atoms with Gasteiger partial charge < -0.3 is 16.2 Å². The van der Waals surface area contributed by atoms with Gasteiger partial charge in [-0.3, -0.25) is 4.79 Å². The second kappa shape index (κ2) is 5.68. The van der Waals surface area contributed by atoms with Crippen LogP contribution in [0.25, 0.3) is 0 Å². The molecule has 0 aromatic heterocycles. The van der Waals surface area contributed by atoms with Crippen molar-refractivity contribution in [1.29, 1.82) is 0 Å². The lowest BCUT2D eigenvalue weighted by atomic mass is 10.0. The SMILES string of the molecule is Cc1cccc(C(=O)N[C@@H](C)[C@H](C)CO)c1N. The van der Waals surface area contributed by atoms with Gasteiger partial charge in [-0.05, 0) is 31.4 Å². The Morgan fingerprint density at radius 2 is 2.12 bits per heavy atom. The molecule has 4 N–H and O–H groups in total. The van der Waals surface area contributed by atoms with Crippen molar-refractivity contribution < 1.29 is 9.90 Å². The van der Waals surface area contributed by atoms with Gasteiger partial charge in [0.1, 0.15) is 0 Å². The summed E-state index contributed by atoms with van der Waals surface area (Å²) in [4.78, 5) is 12.0. The third-order valence-electron chi connectivity index (χ3n) is 3.07. The Bertz CT molecular complexity index is 404. The lowest BCUT2D eigenvalue weighted by Gasteiger charge is -2.20. The number of aliphatic hydroxyl groups excluding tert-OH is 1. The Morgan fingerprint density at radius 3 is 2.71 bits per heavy atom. The first kappa shape index (κ1) is 13.5. The predicted octanol–water partition coefficient (Wildman–Crippen LogP) is 1.32. The fraction of sp³-hybridized carbons (Fsp3) is 0.462. The fourth-order valence-corrected chi connectivity index (χ4v) is 1.46. The van der Waals surface area contributed by atoms with E-state index in [-0.39, 0.29) is 24.5 Å². The van der Waals surface area contributed by atoms with Gasteiger partial charge in [0.15, 0.2) is 0 Å². The summed E-state index contributed by atoms with van der Waals surface area (Å²) in [7, 11) is 0. The van der Waals surface area contributed by atoms with Crippen LogP contribution in [0.2, 0.25) is 0 Å². The Balaban J connectivity index is 2.80. The van der Waals surface area contributed by atoms with Gasteiger partial charge >= 0.3 is 0 Å². The van der Waals surface area contributed by atoms with E-state index in [9.17, 15) is 4.79 Å². The summed E-state index contributed by atoms with van der Waals surface area (Å²) in [6.45, 7) is 5.66. The largest absolute Gasteiger partial charge is 0.398 e. The molecule has 1 rings (SSSR count). The Hall–Kier alpha value is -1.55. The average Bonchev–Trinajstić information content (AvgIpc) is 2.31. The lowest BCUT2D eigenvalue weighted by Crippen LogP contribution is -2.38. The van der Waals surface area contributed by atoms with Crippen LogP contribution in [0.4, 0.5) is 5.69 Å². The normalized spacial score (nSPS) is 14.1. The van der Waals surface area contributed by atoms with E-state index in [4.69, 9.17) is 10.8 Å². The number of aliphatic hydroxyl groups is 1. The van der Waals surface area contributed by atoms with Crippen LogP contribution in [0.5, 0.6) is 0 Å². The maximum Gasteiger partial charge on any atom is 0.253 e. The second-order valence-corrected chi connectivity index (χ2v) is 4.46. The van der Waals surface area contributed by atoms with E-state index in [2.05, 4.69) is 5.32 Å². The van der Waals surface area contributed by atoms with Gasteiger partial charge in [0.2, 0.25) is 0 Å². The van der Waals surface area contributed by atoms with Crippen LogP contribution in [-0.4, -0.2) is 23.7 Å². The lowest BCUT2D eigenvalue weighted by molar-refractivity contribution is 0.0917. The van der Waals surface area contributed by atoms with Gasteiger partial charge in [-0.25, -0.2) is 0 Å². The van der Waals surface area contributed by atoms with E-state index in [0.29, 0.717) is 11.3 Å². The molecule has 4 nitrogen and oxygen atoms in total. The molecular weight excluding hydrogens is 216 g/mol. The van der Waals surface area contributed by atoms with Crippen molar-refractivity contribution in [3.05, 3.63) is 29.3 Å². The highest BCUT2D eigenvalue weighted by molar-refractivity contribution is 5.99. The van der Waals surface area contributed by atoms with Crippen LogP contribution < -0.4 is 11.1 Å². The van der Waals surface area contributed by atoms with Crippen LogP contribution in [0, 0.1) is 12.8 Å². The Labute approximate surface area is 102 Å². The van der Waals surface area contributed by atoms with Crippen LogP contribution in [0.1, 0.15) is 29.8 Å². The van der Waals surface area contributed by atoms with Crippen molar-refractivity contribution in [2.45, 2.75) is 26.8 Å². The quantitative estimate of drug-likeness (QED) is 0.690. The number of hydrogen-bond acceptors (Lipinski definition) is 3. The molecule has 1 aromatic carbocycles. The molecule has 0 bridgehead atoms. The zero-order chi connectivity index (χ0) is 13.0. The molecule has 0 unspecified atom stereocenters. The zero-order valence-corrected chi connectivity index (χ0v) is 10.5. The van der Waals surface area contributed by atoms with E-state index in [1.165, 1.54) is 0 Å². The van der Waals surface area contributed by atoms with Gasteiger partial charge in [-0.1, -0.05) is 19.1 Å². The summed E-state index contributed by atoms with van der Waals surface area (Å²) in [5.74, 6) is -0.177. The number of carbonyl (C=O) groups excluding carboxylic acids is 1. The van der Waals surface area contributed by atoms with Crippen molar-refractivity contribution in [3.8, 4) is 0 Å². The van der Waals surface area contributed by atoms with E-state index in [1.807, 2.05) is 26.8 Å². The summed E-state index contributed by atoms with van der Waals surface area (Å²) in [5, 5.41) is 11.8. The summed E-state index contributed by atoms with van der Waals surface area (Å²) in [5.41, 5.74) is 7.74. The molecule has 4 heteroatoms. The number of para-hydroxylation sites is 1. The average molecular weight is 236 g/mol. The summed E-state index contributed by atoms with van der Waals surface area (Å²) >= 11 is 0. The maximum absolute atomic E-state index is 12.0. The Morgan fingerprint density at radius 1 is 1.47 bits per heavy atom. The first-order valence-corrected chi connectivity index (χ1v) is 5.74.